The number of anilines is 1. The van der Waals surface area contributed by atoms with Crippen LogP contribution in [0.25, 0.3) is 5.65 Å². The summed E-state index contributed by atoms with van der Waals surface area (Å²) in [6.07, 6.45) is 2.53. The van der Waals surface area contributed by atoms with E-state index in [2.05, 4.69) is 20.5 Å². The lowest BCUT2D eigenvalue weighted by atomic mass is 10.4. The molecule has 1 fully saturated rings. The van der Waals surface area contributed by atoms with Gasteiger partial charge in [0.05, 0.1) is 0 Å². The number of aromatic nitrogens is 4. The molecule has 0 aromatic carbocycles. The van der Waals surface area contributed by atoms with E-state index in [0.29, 0.717) is 11.6 Å². The monoisotopic (exact) mass is 219 g/mol. The normalized spacial score (nSPS) is 15.6. The van der Waals surface area contributed by atoms with Crippen LogP contribution in [0.3, 0.4) is 0 Å². The van der Waals surface area contributed by atoms with Gasteiger partial charge in [0, 0.05) is 18.3 Å². The average Bonchev–Trinajstić information content (AvgIpc) is 3.00. The minimum absolute atomic E-state index is 0.249. The second kappa shape index (κ2) is 3.33. The van der Waals surface area contributed by atoms with Crippen molar-refractivity contribution in [2.75, 3.05) is 11.9 Å². The quantitative estimate of drug-likeness (QED) is 0.790. The van der Waals surface area contributed by atoms with Gasteiger partial charge in [0.25, 0.3) is 0 Å². The van der Waals surface area contributed by atoms with Crippen molar-refractivity contribution in [2.45, 2.75) is 19.8 Å². The molecule has 1 aliphatic rings. The lowest BCUT2D eigenvalue weighted by Crippen LogP contribution is -2.17. The maximum absolute atomic E-state index is 11.5. The molecule has 16 heavy (non-hydrogen) atoms. The SMILES string of the molecule is Cc1cc2n[nH]c(=O)n2c(NCC2CC2)n1. The van der Waals surface area contributed by atoms with Crippen molar-refractivity contribution in [1.29, 1.82) is 0 Å². The fourth-order valence-corrected chi connectivity index (χ4v) is 1.72. The molecule has 1 saturated carbocycles. The standard InChI is InChI=1S/C10H13N5O/c1-6-4-8-13-14-10(16)15(8)9(12-6)11-5-7-2-3-7/h4,7H,2-3,5H2,1H3,(H,11,12)(H,14,16). The van der Waals surface area contributed by atoms with Gasteiger partial charge in [-0.2, -0.15) is 5.10 Å². The Bertz CT molecular complexity index is 580. The van der Waals surface area contributed by atoms with Gasteiger partial charge in [0.2, 0.25) is 5.95 Å². The van der Waals surface area contributed by atoms with Gasteiger partial charge in [-0.05, 0) is 25.7 Å². The Labute approximate surface area is 91.7 Å². The minimum atomic E-state index is -0.249. The number of hydrogen-bond donors (Lipinski definition) is 2. The van der Waals surface area contributed by atoms with Gasteiger partial charge in [-0.15, -0.1) is 0 Å². The number of nitrogens with one attached hydrogen (secondary N) is 2. The first kappa shape index (κ1) is 9.38. The average molecular weight is 219 g/mol. The third kappa shape index (κ3) is 1.56. The van der Waals surface area contributed by atoms with Crippen molar-refractivity contribution in [3.8, 4) is 0 Å². The van der Waals surface area contributed by atoms with E-state index < -0.39 is 0 Å². The molecule has 0 aliphatic heterocycles. The van der Waals surface area contributed by atoms with Gasteiger partial charge in [0.1, 0.15) is 0 Å². The molecule has 2 N–H and O–H groups in total. The van der Waals surface area contributed by atoms with E-state index >= 15 is 0 Å². The van der Waals surface area contributed by atoms with Gasteiger partial charge >= 0.3 is 5.69 Å². The van der Waals surface area contributed by atoms with E-state index in [1.54, 1.807) is 6.07 Å². The van der Waals surface area contributed by atoms with Crippen molar-refractivity contribution in [2.24, 2.45) is 5.92 Å². The first-order valence-corrected chi connectivity index (χ1v) is 5.43. The molecule has 6 nitrogen and oxygen atoms in total. The number of aromatic amines is 1. The zero-order chi connectivity index (χ0) is 11.1. The first-order chi connectivity index (χ1) is 7.74. The third-order valence-corrected chi connectivity index (χ3v) is 2.78. The number of H-pyrrole nitrogens is 1. The Balaban J connectivity index is 2.04. The van der Waals surface area contributed by atoms with Crippen LogP contribution >= 0.6 is 0 Å². The van der Waals surface area contributed by atoms with Gasteiger partial charge in [-0.3, -0.25) is 0 Å². The summed E-state index contributed by atoms with van der Waals surface area (Å²) in [5.41, 5.74) is 1.21. The van der Waals surface area contributed by atoms with Gasteiger partial charge in [-0.25, -0.2) is 19.3 Å². The van der Waals surface area contributed by atoms with E-state index in [1.807, 2.05) is 6.92 Å². The summed E-state index contributed by atoms with van der Waals surface area (Å²) in [6.45, 7) is 2.77. The molecule has 2 aromatic heterocycles. The molecular weight excluding hydrogens is 206 g/mol. The predicted molar refractivity (Wildman–Crippen MR) is 59.6 cm³/mol. The minimum Gasteiger partial charge on any atom is -0.355 e. The van der Waals surface area contributed by atoms with Gasteiger partial charge in [0.15, 0.2) is 5.65 Å². The Hall–Kier alpha value is -1.85. The summed E-state index contributed by atoms with van der Waals surface area (Å²) in [5, 5.41) is 9.56. The molecule has 2 aromatic rings. The van der Waals surface area contributed by atoms with E-state index in [4.69, 9.17) is 0 Å². The summed E-state index contributed by atoms with van der Waals surface area (Å²) in [7, 11) is 0. The molecule has 0 bridgehead atoms. The fraction of sp³-hybridized carbons (Fsp3) is 0.500. The maximum atomic E-state index is 11.5. The van der Waals surface area contributed by atoms with Crippen molar-refractivity contribution in [1.82, 2.24) is 19.6 Å². The summed E-state index contributed by atoms with van der Waals surface area (Å²) in [6, 6.07) is 1.78. The van der Waals surface area contributed by atoms with Crippen molar-refractivity contribution < 1.29 is 0 Å². The van der Waals surface area contributed by atoms with E-state index in [0.717, 1.165) is 18.2 Å². The topological polar surface area (TPSA) is 75.1 Å². The Morgan fingerprint density at radius 3 is 3.19 bits per heavy atom. The lowest BCUT2D eigenvalue weighted by Gasteiger charge is -2.06. The Kier molecular flexibility index (Phi) is 1.95. The molecule has 0 saturated heterocycles. The molecular formula is C10H13N5O. The van der Waals surface area contributed by atoms with E-state index in [-0.39, 0.29) is 5.69 Å². The smallest absolute Gasteiger partial charge is 0.350 e. The number of aryl methyl sites for hydroxylation is 1. The number of hydrogen-bond acceptors (Lipinski definition) is 4. The van der Waals surface area contributed by atoms with E-state index in [1.165, 1.54) is 17.2 Å². The molecule has 2 heterocycles. The highest BCUT2D eigenvalue weighted by Crippen LogP contribution is 2.28. The molecule has 0 radical (unpaired) electrons. The van der Waals surface area contributed by atoms with Crippen LogP contribution in [0.5, 0.6) is 0 Å². The van der Waals surface area contributed by atoms with Crippen molar-refractivity contribution >= 4 is 11.6 Å². The van der Waals surface area contributed by atoms with Crippen LogP contribution < -0.4 is 11.0 Å². The predicted octanol–water partition coefficient (Wildman–Crippen LogP) is 0.548. The molecule has 0 unspecified atom stereocenters. The van der Waals surface area contributed by atoms with Crippen LogP contribution in [-0.4, -0.2) is 26.1 Å². The van der Waals surface area contributed by atoms with Crippen LogP contribution in [0.15, 0.2) is 10.9 Å². The molecule has 84 valence electrons. The highest BCUT2D eigenvalue weighted by molar-refractivity contribution is 5.45. The number of nitrogens with zero attached hydrogens (tertiary/aromatic N) is 3. The largest absolute Gasteiger partial charge is 0.355 e. The molecule has 6 heteroatoms. The van der Waals surface area contributed by atoms with Crippen molar-refractivity contribution in [3.05, 3.63) is 22.2 Å². The van der Waals surface area contributed by atoms with Gasteiger partial charge in [-0.1, -0.05) is 0 Å². The first-order valence-electron chi connectivity index (χ1n) is 5.43. The Morgan fingerprint density at radius 1 is 1.62 bits per heavy atom. The highest BCUT2D eigenvalue weighted by Gasteiger charge is 2.21. The van der Waals surface area contributed by atoms with E-state index in [9.17, 15) is 4.79 Å². The zero-order valence-electron chi connectivity index (χ0n) is 9.03. The molecule has 3 rings (SSSR count). The molecule has 0 amide bonds. The van der Waals surface area contributed by atoms with Crippen LogP contribution in [0.2, 0.25) is 0 Å². The molecule has 0 atom stereocenters. The second-order valence-corrected chi connectivity index (χ2v) is 4.27. The fourth-order valence-electron chi connectivity index (χ4n) is 1.72. The van der Waals surface area contributed by atoms with Crippen LogP contribution in [0, 0.1) is 12.8 Å². The summed E-state index contributed by atoms with van der Waals surface area (Å²) < 4.78 is 1.47. The highest BCUT2D eigenvalue weighted by atomic mass is 16.1. The van der Waals surface area contributed by atoms with Crippen LogP contribution in [0.1, 0.15) is 18.5 Å². The van der Waals surface area contributed by atoms with Gasteiger partial charge < -0.3 is 5.32 Å². The Morgan fingerprint density at radius 2 is 2.44 bits per heavy atom. The number of fused-ring (bicyclic) bond motifs is 1. The summed E-state index contributed by atoms with van der Waals surface area (Å²) in [5.74, 6) is 1.32. The zero-order valence-corrected chi connectivity index (χ0v) is 9.03. The molecule has 0 spiro atoms. The van der Waals surface area contributed by atoms with Crippen molar-refractivity contribution in [3.63, 3.8) is 0 Å². The number of rotatable bonds is 3. The lowest BCUT2D eigenvalue weighted by molar-refractivity contribution is 0.858. The summed E-state index contributed by atoms with van der Waals surface area (Å²) >= 11 is 0. The maximum Gasteiger partial charge on any atom is 0.350 e. The second-order valence-electron chi connectivity index (χ2n) is 4.27. The molecule has 1 aliphatic carbocycles. The summed E-state index contributed by atoms with van der Waals surface area (Å²) in [4.78, 5) is 15.9. The van der Waals surface area contributed by atoms with Crippen LogP contribution in [0.4, 0.5) is 5.95 Å². The van der Waals surface area contributed by atoms with Crippen LogP contribution in [-0.2, 0) is 0 Å². The third-order valence-electron chi connectivity index (χ3n) is 2.78.